The van der Waals surface area contributed by atoms with Crippen LogP contribution in [-0.2, 0) is 4.79 Å². The van der Waals surface area contributed by atoms with Crippen LogP contribution in [0.15, 0.2) is 12.1 Å². The van der Waals surface area contributed by atoms with E-state index in [4.69, 9.17) is 14.2 Å². The summed E-state index contributed by atoms with van der Waals surface area (Å²) in [4.78, 5) is 27.5. The van der Waals surface area contributed by atoms with Crippen LogP contribution in [0.4, 0.5) is 0 Å². The van der Waals surface area contributed by atoms with Gasteiger partial charge in [-0.15, -0.1) is 0 Å². The highest BCUT2D eigenvalue weighted by Gasteiger charge is 2.24. The third kappa shape index (κ3) is 6.51. The van der Waals surface area contributed by atoms with Crippen molar-refractivity contribution in [3.05, 3.63) is 17.7 Å². The summed E-state index contributed by atoms with van der Waals surface area (Å²) in [5.74, 6) is 1.50. The first-order valence-electron chi connectivity index (χ1n) is 11.6. The first-order chi connectivity index (χ1) is 15.5. The standard InChI is InChI=1S/C24H37N3O5/c1-30-20-13-18(14-21(31-2)23(20)32-3)24(29)25-15-22(28)26-19-9-11-27(12-10-19)16-17-7-5-4-6-8-17/h13-14,17,19H,4-12,15-16H2,1-3H3,(H,25,29)(H,26,28). The van der Waals surface area contributed by atoms with Crippen LogP contribution in [0, 0.1) is 5.92 Å². The van der Waals surface area contributed by atoms with Crippen molar-refractivity contribution >= 4 is 11.8 Å². The number of likely N-dealkylation sites (tertiary alicyclic amines) is 1. The Hall–Kier alpha value is -2.48. The molecule has 0 unspecified atom stereocenters. The third-order valence-electron chi connectivity index (χ3n) is 6.53. The molecular weight excluding hydrogens is 410 g/mol. The third-order valence-corrected chi connectivity index (χ3v) is 6.53. The van der Waals surface area contributed by atoms with E-state index in [-0.39, 0.29) is 24.4 Å². The molecule has 0 radical (unpaired) electrons. The van der Waals surface area contributed by atoms with Crippen molar-refractivity contribution in [3.8, 4) is 17.2 Å². The van der Waals surface area contributed by atoms with Gasteiger partial charge in [-0.2, -0.15) is 0 Å². The van der Waals surface area contributed by atoms with E-state index in [9.17, 15) is 9.59 Å². The molecule has 8 heteroatoms. The molecule has 178 valence electrons. The van der Waals surface area contributed by atoms with Crippen molar-refractivity contribution in [3.63, 3.8) is 0 Å². The highest BCUT2D eigenvalue weighted by molar-refractivity contribution is 5.97. The summed E-state index contributed by atoms with van der Waals surface area (Å²) in [6.07, 6.45) is 8.78. The number of ether oxygens (including phenoxy) is 3. The molecule has 1 aliphatic carbocycles. The Balaban J connectivity index is 1.42. The van der Waals surface area contributed by atoms with Gasteiger partial charge in [-0.1, -0.05) is 19.3 Å². The molecule has 1 aromatic rings. The highest BCUT2D eigenvalue weighted by atomic mass is 16.5. The Kier molecular flexibility index (Phi) is 9.02. The molecule has 32 heavy (non-hydrogen) atoms. The number of amides is 2. The van der Waals surface area contributed by atoms with Gasteiger partial charge in [-0.05, 0) is 43.7 Å². The molecule has 0 aromatic heterocycles. The fraction of sp³-hybridized carbons (Fsp3) is 0.667. The van der Waals surface area contributed by atoms with Crippen molar-refractivity contribution < 1.29 is 23.8 Å². The Labute approximate surface area is 191 Å². The molecule has 1 aromatic carbocycles. The number of methoxy groups -OCH3 is 3. The van der Waals surface area contributed by atoms with Gasteiger partial charge in [0.1, 0.15) is 0 Å². The van der Waals surface area contributed by atoms with Gasteiger partial charge in [0.05, 0.1) is 27.9 Å². The summed E-state index contributed by atoms with van der Waals surface area (Å²) in [6, 6.07) is 3.30. The van der Waals surface area contributed by atoms with Gasteiger partial charge in [-0.3, -0.25) is 9.59 Å². The summed E-state index contributed by atoms with van der Waals surface area (Å²) in [5.41, 5.74) is 0.336. The van der Waals surface area contributed by atoms with E-state index >= 15 is 0 Å². The molecule has 0 spiro atoms. The lowest BCUT2D eigenvalue weighted by atomic mass is 9.88. The predicted molar refractivity (Wildman–Crippen MR) is 123 cm³/mol. The molecule has 2 amide bonds. The van der Waals surface area contributed by atoms with E-state index in [0.29, 0.717) is 22.8 Å². The van der Waals surface area contributed by atoms with Crippen molar-refractivity contribution in [2.24, 2.45) is 5.92 Å². The second kappa shape index (κ2) is 11.9. The maximum Gasteiger partial charge on any atom is 0.251 e. The topological polar surface area (TPSA) is 89.1 Å². The maximum absolute atomic E-state index is 12.6. The number of nitrogens with zero attached hydrogens (tertiary/aromatic N) is 1. The van der Waals surface area contributed by atoms with Gasteiger partial charge < -0.3 is 29.7 Å². The lowest BCUT2D eigenvalue weighted by molar-refractivity contribution is -0.121. The Morgan fingerprint density at radius 2 is 1.56 bits per heavy atom. The normalized spacial score (nSPS) is 18.1. The minimum Gasteiger partial charge on any atom is -0.493 e. The number of nitrogens with one attached hydrogen (secondary N) is 2. The SMILES string of the molecule is COc1cc(C(=O)NCC(=O)NC2CCN(CC3CCCCC3)CC2)cc(OC)c1OC. The lowest BCUT2D eigenvalue weighted by Crippen LogP contribution is -2.48. The first-order valence-corrected chi connectivity index (χ1v) is 11.6. The number of hydrogen-bond acceptors (Lipinski definition) is 6. The zero-order valence-corrected chi connectivity index (χ0v) is 19.6. The van der Waals surface area contributed by atoms with E-state index in [1.54, 1.807) is 12.1 Å². The molecule has 1 aliphatic heterocycles. The van der Waals surface area contributed by atoms with Crippen molar-refractivity contribution in [2.75, 3.05) is 47.5 Å². The van der Waals surface area contributed by atoms with E-state index < -0.39 is 0 Å². The Morgan fingerprint density at radius 1 is 0.938 bits per heavy atom. The molecule has 8 nitrogen and oxygen atoms in total. The van der Waals surface area contributed by atoms with E-state index in [1.807, 2.05) is 0 Å². The molecule has 0 bridgehead atoms. The molecule has 0 atom stereocenters. The van der Waals surface area contributed by atoms with Crippen molar-refractivity contribution in [1.29, 1.82) is 0 Å². The van der Waals surface area contributed by atoms with Crippen molar-refractivity contribution in [1.82, 2.24) is 15.5 Å². The number of carbonyl (C=O) groups is 2. The zero-order valence-electron chi connectivity index (χ0n) is 19.6. The summed E-state index contributed by atoms with van der Waals surface area (Å²) in [7, 11) is 4.49. The minimum atomic E-state index is -0.373. The summed E-state index contributed by atoms with van der Waals surface area (Å²) >= 11 is 0. The largest absolute Gasteiger partial charge is 0.493 e. The van der Waals surface area contributed by atoms with Crippen LogP contribution in [0.25, 0.3) is 0 Å². The summed E-state index contributed by atoms with van der Waals surface area (Å²) < 4.78 is 15.8. The molecule has 1 saturated heterocycles. The van der Waals surface area contributed by atoms with Crippen LogP contribution < -0.4 is 24.8 Å². The van der Waals surface area contributed by atoms with Crippen molar-refractivity contribution in [2.45, 2.75) is 51.0 Å². The van der Waals surface area contributed by atoms with Crippen LogP contribution in [0.2, 0.25) is 0 Å². The molecule has 3 rings (SSSR count). The van der Waals surface area contributed by atoms with Crippen LogP contribution >= 0.6 is 0 Å². The van der Waals surface area contributed by atoms with Gasteiger partial charge in [0.2, 0.25) is 11.7 Å². The van der Waals surface area contributed by atoms with Gasteiger partial charge in [0, 0.05) is 31.2 Å². The van der Waals surface area contributed by atoms with E-state index in [1.165, 1.54) is 60.0 Å². The summed E-state index contributed by atoms with van der Waals surface area (Å²) in [5, 5.41) is 5.74. The van der Waals surface area contributed by atoms with Crippen LogP contribution in [0.1, 0.15) is 55.3 Å². The smallest absolute Gasteiger partial charge is 0.251 e. The monoisotopic (exact) mass is 447 g/mol. The lowest BCUT2D eigenvalue weighted by Gasteiger charge is -2.35. The molecule has 1 saturated carbocycles. The Morgan fingerprint density at radius 3 is 2.12 bits per heavy atom. The zero-order chi connectivity index (χ0) is 22.9. The first kappa shape index (κ1) is 24.2. The van der Waals surface area contributed by atoms with Gasteiger partial charge in [0.25, 0.3) is 5.91 Å². The molecule has 2 N–H and O–H groups in total. The molecule has 2 fully saturated rings. The fourth-order valence-corrected chi connectivity index (χ4v) is 4.75. The maximum atomic E-state index is 12.6. The average molecular weight is 448 g/mol. The van der Waals surface area contributed by atoms with Gasteiger partial charge in [0.15, 0.2) is 11.5 Å². The Bertz CT molecular complexity index is 746. The van der Waals surface area contributed by atoms with Gasteiger partial charge >= 0.3 is 0 Å². The summed E-state index contributed by atoms with van der Waals surface area (Å²) in [6.45, 7) is 3.18. The van der Waals surface area contributed by atoms with E-state index in [0.717, 1.165) is 31.8 Å². The quantitative estimate of drug-likeness (QED) is 0.605. The average Bonchev–Trinajstić information content (AvgIpc) is 2.83. The van der Waals surface area contributed by atoms with Crippen LogP contribution in [-0.4, -0.2) is 70.3 Å². The van der Waals surface area contributed by atoms with E-state index in [2.05, 4.69) is 15.5 Å². The van der Waals surface area contributed by atoms with Gasteiger partial charge in [-0.25, -0.2) is 0 Å². The number of hydrogen-bond donors (Lipinski definition) is 2. The number of benzene rings is 1. The van der Waals surface area contributed by atoms with Crippen LogP contribution in [0.5, 0.6) is 17.2 Å². The highest BCUT2D eigenvalue weighted by Crippen LogP contribution is 2.38. The molecule has 1 heterocycles. The molecule has 2 aliphatic rings. The fourth-order valence-electron chi connectivity index (χ4n) is 4.75. The predicted octanol–water partition coefficient (Wildman–Crippen LogP) is 2.60. The second-order valence-corrected chi connectivity index (χ2v) is 8.74. The number of rotatable bonds is 9. The number of piperidine rings is 1. The number of carbonyl (C=O) groups excluding carboxylic acids is 2. The second-order valence-electron chi connectivity index (χ2n) is 8.74. The van der Waals surface area contributed by atoms with Crippen LogP contribution in [0.3, 0.4) is 0 Å². The molecular formula is C24H37N3O5. The minimum absolute atomic E-state index is 0.0716.